The van der Waals surface area contributed by atoms with Crippen LogP contribution >= 0.6 is 7.82 Å². The predicted molar refractivity (Wildman–Crippen MR) is 73.7 cm³/mol. The Kier molecular flexibility index (Phi) is 7.25. The number of ether oxygens (including phenoxy) is 1. The first-order chi connectivity index (χ1) is 9.91. The third kappa shape index (κ3) is 7.00. The Morgan fingerprint density at radius 2 is 1.57 bits per heavy atom. The van der Waals surface area contributed by atoms with E-state index in [9.17, 15) is 13.3 Å². The molecule has 0 aliphatic heterocycles. The van der Waals surface area contributed by atoms with E-state index < -0.39 is 27.0 Å². The topological polar surface area (TPSA) is 54.0 Å². The van der Waals surface area contributed by atoms with Crippen LogP contribution in [0.15, 0.2) is 30.3 Å². The standard InChI is InChI=1S/C13H19F2O5P/c1-3-18-21(16,19-4-2)20-11-13(14,15)10-17-12-8-6-5-7-9-12/h5-9H,3-4,10-11H2,1-2H3. The average Bonchev–Trinajstić information content (AvgIpc) is 2.45. The molecule has 5 nitrogen and oxygen atoms in total. The van der Waals surface area contributed by atoms with Gasteiger partial charge in [-0.25, -0.2) is 13.3 Å². The number of phosphoric acid groups is 1. The Bertz CT molecular complexity index is 445. The van der Waals surface area contributed by atoms with Gasteiger partial charge in [-0.05, 0) is 26.0 Å². The van der Waals surface area contributed by atoms with Crippen molar-refractivity contribution < 1.29 is 31.7 Å². The average molecular weight is 324 g/mol. The summed E-state index contributed by atoms with van der Waals surface area (Å²) < 4.78 is 58.3. The maximum absolute atomic E-state index is 13.6. The van der Waals surface area contributed by atoms with Gasteiger partial charge in [0, 0.05) is 0 Å². The fourth-order valence-electron chi connectivity index (χ4n) is 1.35. The molecule has 0 N–H and O–H groups in total. The van der Waals surface area contributed by atoms with Gasteiger partial charge in [-0.15, -0.1) is 0 Å². The van der Waals surface area contributed by atoms with Crippen molar-refractivity contribution >= 4 is 7.82 Å². The van der Waals surface area contributed by atoms with Crippen molar-refractivity contribution in [2.75, 3.05) is 26.4 Å². The fraction of sp³-hybridized carbons (Fsp3) is 0.538. The zero-order chi connectivity index (χ0) is 15.8. The SMILES string of the molecule is CCOP(=O)(OCC)OCC(F)(F)COc1ccccc1. The van der Waals surface area contributed by atoms with E-state index in [0.29, 0.717) is 5.75 Å². The Morgan fingerprint density at radius 1 is 1.00 bits per heavy atom. The molecule has 1 rings (SSSR count). The molecule has 0 saturated heterocycles. The molecule has 0 saturated carbocycles. The molecule has 0 aliphatic carbocycles. The van der Waals surface area contributed by atoms with Crippen molar-refractivity contribution in [3.05, 3.63) is 30.3 Å². The second-order valence-corrected chi connectivity index (χ2v) is 5.68. The highest BCUT2D eigenvalue weighted by molar-refractivity contribution is 7.48. The van der Waals surface area contributed by atoms with Crippen LogP contribution in [-0.2, 0) is 18.1 Å². The van der Waals surface area contributed by atoms with Gasteiger partial charge in [0.2, 0.25) is 0 Å². The van der Waals surface area contributed by atoms with Crippen molar-refractivity contribution in [1.29, 1.82) is 0 Å². The van der Waals surface area contributed by atoms with Crippen LogP contribution in [0.1, 0.15) is 13.8 Å². The lowest BCUT2D eigenvalue weighted by Crippen LogP contribution is -2.31. The smallest absolute Gasteiger partial charge is 0.474 e. The van der Waals surface area contributed by atoms with Gasteiger partial charge in [0.05, 0.1) is 13.2 Å². The maximum Gasteiger partial charge on any atom is 0.474 e. The minimum absolute atomic E-state index is 0.0311. The molecule has 0 radical (unpaired) electrons. The molecule has 0 aromatic heterocycles. The summed E-state index contributed by atoms with van der Waals surface area (Å²) >= 11 is 0. The van der Waals surface area contributed by atoms with Crippen LogP contribution in [0.3, 0.4) is 0 Å². The zero-order valence-corrected chi connectivity index (χ0v) is 12.9. The van der Waals surface area contributed by atoms with E-state index in [4.69, 9.17) is 13.8 Å². The summed E-state index contributed by atoms with van der Waals surface area (Å²) in [5, 5.41) is 0. The summed E-state index contributed by atoms with van der Waals surface area (Å²) in [5.41, 5.74) is 0. The van der Waals surface area contributed by atoms with Crippen LogP contribution in [-0.4, -0.2) is 32.4 Å². The second kappa shape index (κ2) is 8.44. The number of para-hydroxylation sites is 1. The lowest BCUT2D eigenvalue weighted by Gasteiger charge is -2.21. The van der Waals surface area contributed by atoms with Crippen LogP contribution in [0.5, 0.6) is 5.75 Å². The molecule has 0 amide bonds. The van der Waals surface area contributed by atoms with E-state index in [0.717, 1.165) is 0 Å². The van der Waals surface area contributed by atoms with Gasteiger partial charge < -0.3 is 4.74 Å². The molecular formula is C13H19F2O5P. The maximum atomic E-state index is 13.6. The Balaban J connectivity index is 2.49. The first-order valence-corrected chi connectivity index (χ1v) is 7.96. The van der Waals surface area contributed by atoms with E-state index in [1.807, 2.05) is 0 Å². The van der Waals surface area contributed by atoms with Crippen molar-refractivity contribution in [1.82, 2.24) is 0 Å². The van der Waals surface area contributed by atoms with Gasteiger partial charge in [0.25, 0.3) is 0 Å². The molecule has 0 atom stereocenters. The Morgan fingerprint density at radius 3 is 2.10 bits per heavy atom. The van der Waals surface area contributed by atoms with Crippen molar-refractivity contribution in [2.24, 2.45) is 0 Å². The largest absolute Gasteiger partial charge is 0.487 e. The minimum atomic E-state index is -3.95. The van der Waals surface area contributed by atoms with Gasteiger partial charge in [-0.1, -0.05) is 18.2 Å². The third-order valence-corrected chi connectivity index (χ3v) is 3.80. The molecule has 0 unspecified atom stereocenters. The van der Waals surface area contributed by atoms with Crippen LogP contribution in [0.25, 0.3) is 0 Å². The van der Waals surface area contributed by atoms with E-state index in [1.54, 1.807) is 44.2 Å². The molecule has 0 heterocycles. The van der Waals surface area contributed by atoms with Gasteiger partial charge in [0.15, 0.2) is 6.61 Å². The monoisotopic (exact) mass is 324 g/mol. The second-order valence-electron chi connectivity index (χ2n) is 4.01. The van der Waals surface area contributed by atoms with Crippen LogP contribution in [0.2, 0.25) is 0 Å². The number of hydrogen-bond donors (Lipinski definition) is 0. The molecule has 0 bridgehead atoms. The molecule has 0 spiro atoms. The van der Waals surface area contributed by atoms with Crippen LogP contribution in [0.4, 0.5) is 8.78 Å². The summed E-state index contributed by atoms with van der Waals surface area (Å²) in [6.45, 7) is 1.18. The summed E-state index contributed by atoms with van der Waals surface area (Å²) in [6.07, 6.45) is 0. The quantitative estimate of drug-likeness (QED) is 0.611. The fourth-order valence-corrected chi connectivity index (χ4v) is 2.55. The summed E-state index contributed by atoms with van der Waals surface area (Å²) in [7, 11) is -3.95. The summed E-state index contributed by atoms with van der Waals surface area (Å²) in [4.78, 5) is 0. The van der Waals surface area contributed by atoms with E-state index in [2.05, 4.69) is 4.52 Å². The molecule has 0 aliphatic rings. The highest BCUT2D eigenvalue weighted by atomic mass is 31.2. The van der Waals surface area contributed by atoms with Gasteiger partial charge >= 0.3 is 13.7 Å². The molecule has 120 valence electrons. The molecule has 21 heavy (non-hydrogen) atoms. The van der Waals surface area contributed by atoms with Gasteiger partial charge in [0.1, 0.15) is 12.4 Å². The van der Waals surface area contributed by atoms with Crippen molar-refractivity contribution in [3.63, 3.8) is 0 Å². The first kappa shape index (κ1) is 18.0. The summed E-state index contributed by atoms with van der Waals surface area (Å²) in [6, 6.07) is 8.20. The number of phosphoric ester groups is 1. The highest BCUT2D eigenvalue weighted by Crippen LogP contribution is 2.50. The van der Waals surface area contributed by atoms with E-state index in [1.165, 1.54) is 0 Å². The van der Waals surface area contributed by atoms with Gasteiger partial charge in [-0.2, -0.15) is 0 Å². The van der Waals surface area contributed by atoms with E-state index >= 15 is 0 Å². The lowest BCUT2D eigenvalue weighted by molar-refractivity contribution is -0.0810. The highest BCUT2D eigenvalue weighted by Gasteiger charge is 2.36. The minimum Gasteiger partial charge on any atom is -0.487 e. The molecule has 8 heteroatoms. The molecule has 1 aromatic rings. The third-order valence-electron chi connectivity index (χ3n) is 2.20. The Labute approximate surface area is 122 Å². The number of rotatable bonds is 10. The van der Waals surface area contributed by atoms with Crippen molar-refractivity contribution in [2.45, 2.75) is 19.8 Å². The predicted octanol–water partition coefficient (Wildman–Crippen LogP) is 3.90. The first-order valence-electron chi connectivity index (χ1n) is 6.50. The van der Waals surface area contributed by atoms with Crippen LogP contribution in [0, 0.1) is 0 Å². The number of hydrogen-bond acceptors (Lipinski definition) is 5. The Hall–Kier alpha value is -1.01. The lowest BCUT2D eigenvalue weighted by atomic mass is 10.3. The molecule has 0 fully saturated rings. The number of halogens is 2. The van der Waals surface area contributed by atoms with E-state index in [-0.39, 0.29) is 13.2 Å². The summed E-state index contributed by atoms with van der Waals surface area (Å²) in [5.74, 6) is -3.00. The molecular weight excluding hydrogens is 305 g/mol. The van der Waals surface area contributed by atoms with Crippen LogP contribution < -0.4 is 4.74 Å². The zero-order valence-electron chi connectivity index (χ0n) is 12.0. The van der Waals surface area contributed by atoms with Crippen molar-refractivity contribution in [3.8, 4) is 5.75 Å². The number of alkyl halides is 2. The normalized spacial score (nSPS) is 12.4. The van der Waals surface area contributed by atoms with Gasteiger partial charge in [-0.3, -0.25) is 13.6 Å². The number of benzene rings is 1. The molecule has 1 aromatic carbocycles.